The van der Waals surface area contributed by atoms with Gasteiger partial charge in [-0.25, -0.2) is 0 Å². The maximum Gasteiger partial charge on any atom is 0.0835 e. The summed E-state index contributed by atoms with van der Waals surface area (Å²) in [6.07, 6.45) is 0. The van der Waals surface area contributed by atoms with Gasteiger partial charge in [0.15, 0.2) is 0 Å². The lowest BCUT2D eigenvalue weighted by Gasteiger charge is -2.31. The van der Waals surface area contributed by atoms with Crippen LogP contribution in [0.2, 0.25) is 10.0 Å². The van der Waals surface area contributed by atoms with Crippen molar-refractivity contribution in [3.63, 3.8) is 0 Å². The fourth-order valence-electron chi connectivity index (χ4n) is 5.85. The molecule has 0 saturated carbocycles. The van der Waals surface area contributed by atoms with Gasteiger partial charge in [-0.1, -0.05) is 114 Å². The van der Waals surface area contributed by atoms with E-state index in [9.17, 15) is 0 Å². The van der Waals surface area contributed by atoms with E-state index in [1.54, 1.807) is 0 Å². The molecule has 0 N–H and O–H groups in total. The second-order valence-corrected chi connectivity index (χ2v) is 11.8. The van der Waals surface area contributed by atoms with Crippen LogP contribution in [0.5, 0.6) is 0 Å². The molecule has 0 aliphatic heterocycles. The van der Waals surface area contributed by atoms with E-state index >= 15 is 0 Å². The highest BCUT2D eigenvalue weighted by molar-refractivity contribution is 6.39. The van der Waals surface area contributed by atoms with Crippen LogP contribution in [0, 0.1) is 0 Å². The van der Waals surface area contributed by atoms with E-state index < -0.39 is 0 Å². The van der Waals surface area contributed by atoms with Crippen LogP contribution in [0.25, 0.3) is 0 Å². The van der Waals surface area contributed by atoms with E-state index in [0.717, 1.165) is 45.5 Å². The van der Waals surface area contributed by atoms with Crippen molar-refractivity contribution >= 4 is 74.4 Å². The Morgan fingerprint density at radius 3 is 0.830 bits per heavy atom. The molecule has 0 fully saturated rings. The molecule has 0 spiro atoms. The van der Waals surface area contributed by atoms with Crippen LogP contribution in [0.15, 0.2) is 188 Å². The van der Waals surface area contributed by atoms with Crippen molar-refractivity contribution in [2.75, 3.05) is 14.7 Å². The molecule has 0 saturated heterocycles. The van der Waals surface area contributed by atoms with Crippen LogP contribution in [0.1, 0.15) is 0 Å². The molecule has 0 unspecified atom stereocenters. The fraction of sp³-hybridized carbons (Fsp3) is 0. The van der Waals surface area contributed by atoms with E-state index in [0.29, 0.717) is 15.7 Å². The molecule has 0 radical (unpaired) electrons. The lowest BCUT2D eigenvalue weighted by Crippen LogP contribution is -2.15. The maximum absolute atomic E-state index is 6.97. The molecule has 0 bridgehead atoms. The normalized spacial score (nSPS) is 10.8. The van der Waals surface area contributed by atoms with Gasteiger partial charge in [0.25, 0.3) is 0 Å². The summed E-state index contributed by atoms with van der Waals surface area (Å²) in [6, 6.07) is 64.1. The molecular weight excluding hydrogens is 617 g/mol. The molecule has 228 valence electrons. The van der Waals surface area contributed by atoms with Gasteiger partial charge < -0.3 is 14.7 Å². The van der Waals surface area contributed by atoms with E-state index in [2.05, 4.69) is 160 Å². The lowest BCUT2D eigenvalue weighted by molar-refractivity contribution is 1.24. The Kier molecular flexibility index (Phi) is 8.92. The Morgan fingerprint density at radius 1 is 0.255 bits per heavy atom. The summed E-state index contributed by atoms with van der Waals surface area (Å²) < 4.78 is 0. The van der Waals surface area contributed by atoms with Gasteiger partial charge in [-0.05, 0) is 97.1 Å². The maximum atomic E-state index is 6.97. The summed E-state index contributed by atoms with van der Waals surface area (Å²) in [7, 11) is 0. The van der Waals surface area contributed by atoms with Crippen molar-refractivity contribution in [2.45, 2.75) is 0 Å². The highest BCUT2D eigenvalue weighted by Crippen LogP contribution is 2.46. The summed E-state index contributed by atoms with van der Waals surface area (Å²) in [5.41, 5.74) is 8.77. The Bertz CT molecular complexity index is 1850. The Balaban J connectivity index is 1.41. The molecule has 5 heteroatoms. The standard InChI is InChI=1S/C42H31Cl2N3/c43-40-28-15-29-41(44)42(40)47(38-26-13-24-36(30-38)45(32-16-5-1-6-17-32)33-18-7-2-8-19-33)39-27-14-25-37(31-39)46(34-20-9-3-10-21-34)35-22-11-4-12-23-35/h1-31H. The number of hydrogen-bond donors (Lipinski definition) is 0. The molecule has 3 nitrogen and oxygen atoms in total. The largest absolute Gasteiger partial charge is 0.310 e. The van der Waals surface area contributed by atoms with Gasteiger partial charge in [0.05, 0.1) is 15.7 Å². The number of rotatable bonds is 9. The third-order valence-electron chi connectivity index (χ3n) is 7.91. The second-order valence-electron chi connectivity index (χ2n) is 11.0. The average molecular weight is 649 g/mol. The second kappa shape index (κ2) is 13.9. The lowest BCUT2D eigenvalue weighted by atomic mass is 10.1. The molecule has 0 amide bonds. The molecule has 0 atom stereocenters. The third-order valence-corrected chi connectivity index (χ3v) is 8.52. The monoisotopic (exact) mass is 647 g/mol. The van der Waals surface area contributed by atoms with Crippen LogP contribution < -0.4 is 14.7 Å². The van der Waals surface area contributed by atoms with Crippen LogP contribution in [0.3, 0.4) is 0 Å². The summed E-state index contributed by atoms with van der Waals surface area (Å²) >= 11 is 13.9. The number of anilines is 9. The molecule has 7 aromatic rings. The molecule has 0 aliphatic rings. The predicted molar refractivity (Wildman–Crippen MR) is 201 cm³/mol. The summed E-state index contributed by atoms with van der Waals surface area (Å²) in [5, 5.41) is 1.11. The zero-order valence-electron chi connectivity index (χ0n) is 25.5. The molecule has 0 aromatic heterocycles. The van der Waals surface area contributed by atoms with Gasteiger partial charge in [0.2, 0.25) is 0 Å². The first-order chi connectivity index (χ1) is 23.2. The number of hydrogen-bond acceptors (Lipinski definition) is 3. The molecule has 0 heterocycles. The fourth-order valence-corrected chi connectivity index (χ4v) is 6.42. The Labute approximate surface area is 286 Å². The van der Waals surface area contributed by atoms with Crippen LogP contribution in [-0.4, -0.2) is 0 Å². The SMILES string of the molecule is Clc1cccc(Cl)c1N(c1cccc(N(c2ccccc2)c2ccccc2)c1)c1cccc(N(c2ccccc2)c2ccccc2)c1. The highest BCUT2D eigenvalue weighted by atomic mass is 35.5. The van der Waals surface area contributed by atoms with Crippen LogP contribution in [0.4, 0.5) is 51.2 Å². The van der Waals surface area contributed by atoms with Gasteiger partial charge in [0.1, 0.15) is 0 Å². The minimum absolute atomic E-state index is 0.555. The predicted octanol–water partition coefficient (Wildman–Crippen LogP) is 13.4. The molecule has 47 heavy (non-hydrogen) atoms. The van der Waals surface area contributed by atoms with Gasteiger partial charge in [-0.3, -0.25) is 0 Å². The smallest absolute Gasteiger partial charge is 0.0835 e. The quantitative estimate of drug-likeness (QED) is 0.154. The first-order valence-electron chi connectivity index (χ1n) is 15.4. The summed E-state index contributed by atoms with van der Waals surface area (Å²) in [4.78, 5) is 6.64. The number of nitrogens with zero attached hydrogens (tertiary/aromatic N) is 3. The topological polar surface area (TPSA) is 9.72 Å². The van der Waals surface area contributed by atoms with Gasteiger partial charge in [0, 0.05) is 45.5 Å². The molecule has 7 rings (SSSR count). The summed E-state index contributed by atoms with van der Waals surface area (Å²) in [6.45, 7) is 0. The van der Waals surface area contributed by atoms with Crippen molar-refractivity contribution in [3.8, 4) is 0 Å². The van der Waals surface area contributed by atoms with Crippen molar-refractivity contribution < 1.29 is 0 Å². The number of benzene rings is 7. The molecular formula is C42H31Cl2N3. The van der Waals surface area contributed by atoms with Crippen molar-refractivity contribution in [1.29, 1.82) is 0 Å². The highest BCUT2D eigenvalue weighted by Gasteiger charge is 2.22. The number of para-hydroxylation sites is 5. The zero-order valence-corrected chi connectivity index (χ0v) is 27.0. The Hall–Kier alpha value is -5.48. The van der Waals surface area contributed by atoms with E-state index in [-0.39, 0.29) is 0 Å². The van der Waals surface area contributed by atoms with E-state index in [4.69, 9.17) is 23.2 Å². The van der Waals surface area contributed by atoms with Crippen molar-refractivity contribution in [3.05, 3.63) is 198 Å². The summed E-state index contributed by atoms with van der Waals surface area (Å²) in [5.74, 6) is 0. The number of halogens is 2. The van der Waals surface area contributed by atoms with Crippen molar-refractivity contribution in [1.82, 2.24) is 0 Å². The molecule has 7 aromatic carbocycles. The first kappa shape index (κ1) is 30.2. The first-order valence-corrected chi connectivity index (χ1v) is 16.2. The molecule has 0 aliphatic carbocycles. The van der Waals surface area contributed by atoms with Gasteiger partial charge in [-0.2, -0.15) is 0 Å². The van der Waals surface area contributed by atoms with Crippen LogP contribution in [-0.2, 0) is 0 Å². The Morgan fingerprint density at radius 2 is 0.511 bits per heavy atom. The van der Waals surface area contributed by atoms with Gasteiger partial charge >= 0.3 is 0 Å². The minimum Gasteiger partial charge on any atom is -0.310 e. The van der Waals surface area contributed by atoms with E-state index in [1.165, 1.54) is 0 Å². The average Bonchev–Trinajstić information content (AvgIpc) is 3.12. The third kappa shape index (κ3) is 6.45. The van der Waals surface area contributed by atoms with Gasteiger partial charge in [-0.15, -0.1) is 0 Å². The van der Waals surface area contributed by atoms with Crippen molar-refractivity contribution in [2.24, 2.45) is 0 Å². The zero-order chi connectivity index (χ0) is 32.0. The minimum atomic E-state index is 0.555. The van der Waals surface area contributed by atoms with Crippen LogP contribution >= 0.6 is 23.2 Å². The van der Waals surface area contributed by atoms with E-state index in [1.807, 2.05) is 42.5 Å².